The van der Waals surface area contributed by atoms with Crippen LogP contribution in [0.2, 0.25) is 4.34 Å². The summed E-state index contributed by atoms with van der Waals surface area (Å²) in [6.07, 6.45) is 0. The van der Waals surface area contributed by atoms with Gasteiger partial charge in [0.25, 0.3) is 0 Å². The Morgan fingerprint density at radius 2 is 1.96 bits per heavy atom. The Hall–Kier alpha value is -1.54. The topological polar surface area (TPSA) is 40.1 Å². The normalized spacial score (nSPS) is 12.4. The predicted molar refractivity (Wildman–Crippen MR) is 94.7 cm³/mol. The van der Waals surface area contributed by atoms with E-state index in [0.717, 1.165) is 23.1 Å². The molecule has 1 aromatic carbocycles. The molecule has 3 aromatic rings. The van der Waals surface area contributed by atoms with Crippen LogP contribution >= 0.6 is 35.2 Å². The van der Waals surface area contributed by atoms with Crippen LogP contribution in [0.4, 0.5) is 0 Å². The maximum Gasteiger partial charge on any atom is 0.225 e. The molecule has 120 valence electrons. The van der Waals surface area contributed by atoms with Crippen LogP contribution in [0.3, 0.4) is 0 Å². The molecule has 2 aromatic heterocycles. The van der Waals surface area contributed by atoms with Crippen molar-refractivity contribution in [3.63, 3.8) is 0 Å². The number of thiophene rings is 1. The maximum absolute atomic E-state index is 6.01. The molecule has 0 bridgehead atoms. The smallest absolute Gasteiger partial charge is 0.225 e. The van der Waals surface area contributed by atoms with E-state index in [-0.39, 0.29) is 0 Å². The first-order valence-corrected chi connectivity index (χ1v) is 8.93. The van der Waals surface area contributed by atoms with E-state index in [1.807, 2.05) is 36.4 Å². The standard InChI is InChI=1S/C15H16ClN5S2/c1-2-19(10-13-8-9-14(16)23-13)11-20-15(22)21(18-17-20)12-6-4-3-5-7-12/h3-9H,2,10-11H2,1H3/p+1. The molecule has 8 heteroatoms. The van der Waals surface area contributed by atoms with E-state index in [1.165, 1.54) is 9.78 Å². The fourth-order valence-corrected chi connectivity index (χ4v) is 3.70. The molecule has 0 amide bonds. The predicted octanol–water partition coefficient (Wildman–Crippen LogP) is 2.58. The zero-order valence-electron chi connectivity index (χ0n) is 12.6. The van der Waals surface area contributed by atoms with Crippen molar-refractivity contribution in [3.8, 4) is 5.69 Å². The molecule has 0 saturated heterocycles. The molecule has 0 aliphatic carbocycles. The van der Waals surface area contributed by atoms with Crippen LogP contribution in [0.5, 0.6) is 0 Å². The molecule has 0 fully saturated rings. The maximum atomic E-state index is 6.01. The van der Waals surface area contributed by atoms with Crippen molar-refractivity contribution in [1.29, 1.82) is 0 Å². The molecule has 0 radical (unpaired) electrons. The van der Waals surface area contributed by atoms with Crippen molar-refractivity contribution in [3.05, 3.63) is 56.4 Å². The van der Waals surface area contributed by atoms with Gasteiger partial charge < -0.3 is 4.90 Å². The summed E-state index contributed by atoms with van der Waals surface area (Å²) in [5.41, 5.74) is 0.923. The van der Waals surface area contributed by atoms with Gasteiger partial charge in [-0.1, -0.05) is 29.8 Å². The fraction of sp³-hybridized carbons (Fsp3) is 0.267. The Labute approximate surface area is 148 Å². The Balaban J connectivity index is 1.77. The van der Waals surface area contributed by atoms with Gasteiger partial charge in [-0.15, -0.1) is 11.3 Å². The van der Waals surface area contributed by atoms with Crippen molar-refractivity contribution in [2.45, 2.75) is 20.1 Å². The summed E-state index contributed by atoms with van der Waals surface area (Å²) in [4.78, 5) is 2.61. The number of nitrogens with one attached hydrogen (secondary N) is 1. The largest absolute Gasteiger partial charge is 0.312 e. The summed E-state index contributed by atoms with van der Waals surface area (Å²) in [5, 5.41) is 8.39. The number of nitrogens with zero attached hydrogens (tertiary/aromatic N) is 4. The third-order valence-electron chi connectivity index (χ3n) is 3.57. The summed E-state index contributed by atoms with van der Waals surface area (Å²) >= 11 is 13.1. The van der Waals surface area contributed by atoms with Gasteiger partial charge in [-0.3, -0.25) is 0 Å². The fourth-order valence-electron chi connectivity index (χ4n) is 2.30. The number of para-hydroxylation sites is 1. The van der Waals surface area contributed by atoms with Gasteiger partial charge in [-0.05, 0) is 53.8 Å². The molecule has 2 heterocycles. The van der Waals surface area contributed by atoms with Crippen LogP contribution in [0.1, 0.15) is 11.8 Å². The zero-order chi connectivity index (χ0) is 16.2. The molecule has 0 aliphatic heterocycles. The number of aromatic nitrogens is 4. The number of rotatable bonds is 6. The number of hydrogen-bond donors (Lipinski definition) is 1. The van der Waals surface area contributed by atoms with Gasteiger partial charge in [0.05, 0.1) is 21.4 Å². The van der Waals surface area contributed by atoms with E-state index in [2.05, 4.69) is 23.4 Å². The quantitative estimate of drug-likeness (QED) is 0.681. The second-order valence-electron chi connectivity index (χ2n) is 5.15. The van der Waals surface area contributed by atoms with Crippen LogP contribution in [0, 0.1) is 4.77 Å². The van der Waals surface area contributed by atoms with E-state index < -0.39 is 0 Å². The molecule has 1 unspecified atom stereocenters. The molecular formula is C15H17ClN5S2+. The third kappa shape index (κ3) is 3.87. The van der Waals surface area contributed by atoms with E-state index >= 15 is 0 Å². The molecule has 0 aliphatic rings. The summed E-state index contributed by atoms with van der Waals surface area (Å²) in [7, 11) is 0. The van der Waals surface area contributed by atoms with Crippen LogP contribution in [-0.2, 0) is 13.2 Å². The van der Waals surface area contributed by atoms with Gasteiger partial charge in [-0.2, -0.15) is 9.36 Å². The van der Waals surface area contributed by atoms with Gasteiger partial charge in [0.2, 0.25) is 4.77 Å². The minimum absolute atomic E-state index is 0.603. The highest BCUT2D eigenvalue weighted by atomic mass is 35.5. The lowest BCUT2D eigenvalue weighted by Crippen LogP contribution is -3.09. The van der Waals surface area contributed by atoms with E-state index in [9.17, 15) is 0 Å². The highest BCUT2D eigenvalue weighted by Crippen LogP contribution is 2.20. The lowest BCUT2D eigenvalue weighted by molar-refractivity contribution is -0.935. The summed E-state index contributed by atoms with van der Waals surface area (Å²) in [6, 6.07) is 13.8. The lowest BCUT2D eigenvalue weighted by Gasteiger charge is -2.15. The highest BCUT2D eigenvalue weighted by molar-refractivity contribution is 7.71. The average molecular weight is 367 g/mol. The monoisotopic (exact) mass is 366 g/mol. The third-order valence-corrected chi connectivity index (χ3v) is 5.18. The molecule has 0 spiro atoms. The van der Waals surface area contributed by atoms with Gasteiger partial charge in [0.1, 0.15) is 6.54 Å². The Morgan fingerprint density at radius 1 is 1.17 bits per heavy atom. The number of hydrogen-bond acceptors (Lipinski definition) is 4. The first-order valence-electron chi connectivity index (χ1n) is 7.33. The molecule has 1 N–H and O–H groups in total. The Morgan fingerprint density at radius 3 is 2.61 bits per heavy atom. The van der Waals surface area contributed by atoms with Crippen LogP contribution in [-0.4, -0.2) is 26.3 Å². The zero-order valence-corrected chi connectivity index (χ0v) is 15.0. The number of benzene rings is 1. The van der Waals surface area contributed by atoms with E-state index in [1.54, 1.807) is 20.7 Å². The highest BCUT2D eigenvalue weighted by Gasteiger charge is 2.13. The minimum atomic E-state index is 0.603. The summed E-state index contributed by atoms with van der Waals surface area (Å²) in [5.74, 6) is 0. The molecular weight excluding hydrogens is 350 g/mol. The van der Waals surface area contributed by atoms with E-state index in [0.29, 0.717) is 11.4 Å². The van der Waals surface area contributed by atoms with Gasteiger partial charge in [-0.25, -0.2) is 0 Å². The van der Waals surface area contributed by atoms with Crippen LogP contribution < -0.4 is 4.90 Å². The molecule has 3 rings (SSSR count). The van der Waals surface area contributed by atoms with Crippen molar-refractivity contribution in [1.82, 2.24) is 19.8 Å². The Bertz CT molecular complexity index is 824. The molecule has 1 atom stereocenters. The van der Waals surface area contributed by atoms with Gasteiger partial charge in [0.15, 0.2) is 6.67 Å². The number of quaternary nitrogens is 1. The van der Waals surface area contributed by atoms with Gasteiger partial charge in [0, 0.05) is 0 Å². The van der Waals surface area contributed by atoms with E-state index in [4.69, 9.17) is 23.8 Å². The Kier molecular flexibility index (Phi) is 5.22. The van der Waals surface area contributed by atoms with Gasteiger partial charge >= 0.3 is 0 Å². The second kappa shape index (κ2) is 7.35. The molecule has 5 nitrogen and oxygen atoms in total. The first-order chi connectivity index (χ1) is 11.2. The van der Waals surface area contributed by atoms with Crippen LogP contribution in [0.15, 0.2) is 42.5 Å². The molecule has 23 heavy (non-hydrogen) atoms. The second-order valence-corrected chi connectivity index (χ2v) is 7.32. The summed E-state index contributed by atoms with van der Waals surface area (Å²) < 4.78 is 4.88. The van der Waals surface area contributed by atoms with Crippen LogP contribution in [0.25, 0.3) is 5.69 Å². The number of tetrazole rings is 1. The first kappa shape index (κ1) is 16.3. The van der Waals surface area contributed by atoms with Crippen molar-refractivity contribution in [2.24, 2.45) is 0 Å². The van der Waals surface area contributed by atoms with Crippen molar-refractivity contribution >= 4 is 35.2 Å². The minimum Gasteiger partial charge on any atom is -0.312 e. The SMILES string of the molecule is CC[NH+](Cc1ccc(Cl)s1)Cn1nnn(-c2ccccc2)c1=S. The summed E-state index contributed by atoms with van der Waals surface area (Å²) in [6.45, 7) is 4.69. The average Bonchev–Trinajstić information content (AvgIpc) is 3.14. The van der Waals surface area contributed by atoms with Crippen molar-refractivity contribution in [2.75, 3.05) is 6.54 Å². The molecule has 0 saturated carbocycles. The number of halogens is 1. The lowest BCUT2D eigenvalue weighted by atomic mass is 10.3. The van der Waals surface area contributed by atoms with Crippen molar-refractivity contribution < 1.29 is 4.90 Å².